The molecule has 0 bridgehead atoms. The van der Waals surface area contributed by atoms with Crippen molar-refractivity contribution in [2.75, 3.05) is 56.4 Å². The molecule has 210 valence electrons. The van der Waals surface area contributed by atoms with E-state index in [4.69, 9.17) is 26.1 Å². The van der Waals surface area contributed by atoms with E-state index in [-0.39, 0.29) is 0 Å². The monoisotopic (exact) mass is 572 g/mol. The van der Waals surface area contributed by atoms with Gasteiger partial charge in [-0.2, -0.15) is 9.97 Å². The molecule has 9 nitrogen and oxygen atoms in total. The van der Waals surface area contributed by atoms with E-state index in [2.05, 4.69) is 25.5 Å². The first-order valence-corrected chi connectivity index (χ1v) is 16.6. The summed E-state index contributed by atoms with van der Waals surface area (Å²) >= 11 is 6.49. The normalized spacial score (nSPS) is 21.2. The highest BCUT2D eigenvalue weighted by Crippen LogP contribution is 2.48. The zero-order valence-electron chi connectivity index (χ0n) is 22.5. The molecule has 3 aromatic rings. The van der Waals surface area contributed by atoms with E-state index in [0.717, 1.165) is 74.2 Å². The number of benzene rings is 1. The Kier molecular flexibility index (Phi) is 8.03. The number of H-pyrrole nitrogens is 1. The zero-order valence-corrected chi connectivity index (χ0v) is 24.2. The second-order valence-electron chi connectivity index (χ2n) is 11.0. The molecule has 1 aliphatic carbocycles. The number of nitrogens with zero attached hydrogens (tertiary/aromatic N) is 3. The van der Waals surface area contributed by atoms with Crippen LogP contribution in [-0.4, -0.2) is 77.7 Å². The van der Waals surface area contributed by atoms with E-state index in [1.54, 1.807) is 13.3 Å². The topological polar surface area (TPSA) is 104 Å². The van der Waals surface area contributed by atoms with E-state index < -0.39 is 7.14 Å². The summed E-state index contributed by atoms with van der Waals surface area (Å²) in [5.74, 6) is 1.81. The third-order valence-corrected chi connectivity index (χ3v) is 11.9. The Morgan fingerprint density at radius 1 is 1.10 bits per heavy atom. The van der Waals surface area contributed by atoms with Crippen LogP contribution in [0.3, 0.4) is 0 Å². The van der Waals surface area contributed by atoms with Crippen molar-refractivity contribution in [1.29, 1.82) is 0 Å². The van der Waals surface area contributed by atoms with E-state index in [9.17, 15) is 4.57 Å². The van der Waals surface area contributed by atoms with Crippen molar-refractivity contribution in [1.82, 2.24) is 19.9 Å². The van der Waals surface area contributed by atoms with Gasteiger partial charge in [-0.15, -0.1) is 0 Å². The lowest BCUT2D eigenvalue weighted by atomic mass is 9.95. The van der Waals surface area contributed by atoms with Crippen LogP contribution in [0, 0.1) is 0 Å². The first kappa shape index (κ1) is 26.9. The third-order valence-electron chi connectivity index (χ3n) is 8.54. The highest BCUT2D eigenvalue weighted by molar-refractivity contribution is 7.71. The largest absolute Gasteiger partial charge is 0.495 e. The van der Waals surface area contributed by atoms with Gasteiger partial charge in [-0.1, -0.05) is 30.9 Å². The van der Waals surface area contributed by atoms with Crippen molar-refractivity contribution >= 4 is 52.5 Å². The Hall–Kier alpha value is -2.32. The lowest BCUT2D eigenvalue weighted by Gasteiger charge is -2.39. The van der Waals surface area contributed by atoms with Crippen molar-refractivity contribution in [3.8, 4) is 5.75 Å². The van der Waals surface area contributed by atoms with Gasteiger partial charge in [0.1, 0.15) is 24.4 Å². The molecule has 2 aromatic heterocycles. The highest BCUT2D eigenvalue weighted by Gasteiger charge is 2.34. The quantitative estimate of drug-likeness (QED) is 0.315. The van der Waals surface area contributed by atoms with Crippen molar-refractivity contribution in [3.05, 3.63) is 29.4 Å². The molecular weight excluding hydrogens is 535 g/mol. The second-order valence-corrected chi connectivity index (χ2v) is 14.6. The Labute approximate surface area is 234 Å². The molecule has 0 atom stereocenters. The minimum absolute atomic E-state index is 0.375. The molecule has 0 spiro atoms. The fraction of sp³-hybridized carbons (Fsp3) is 0.571. The van der Waals surface area contributed by atoms with E-state index in [0.29, 0.717) is 46.8 Å². The van der Waals surface area contributed by atoms with E-state index in [1.807, 2.05) is 18.2 Å². The van der Waals surface area contributed by atoms with E-state index >= 15 is 0 Å². The maximum absolute atomic E-state index is 14.0. The Morgan fingerprint density at radius 3 is 2.62 bits per heavy atom. The molecule has 0 amide bonds. The molecule has 1 aromatic carbocycles. The summed E-state index contributed by atoms with van der Waals surface area (Å²) in [7, 11) is -0.859. The molecule has 11 heteroatoms. The van der Waals surface area contributed by atoms with Crippen LogP contribution in [-0.2, 0) is 9.30 Å². The number of fused-ring (bicyclic) bond motifs is 1. The Morgan fingerprint density at radius 2 is 1.87 bits per heavy atom. The number of aromatic nitrogens is 3. The van der Waals surface area contributed by atoms with Gasteiger partial charge >= 0.3 is 0 Å². The molecule has 3 aliphatic rings. The smallest absolute Gasteiger partial charge is 0.231 e. The van der Waals surface area contributed by atoms with Gasteiger partial charge in [0.2, 0.25) is 5.95 Å². The minimum atomic E-state index is -2.50. The van der Waals surface area contributed by atoms with Gasteiger partial charge in [0.25, 0.3) is 0 Å². The van der Waals surface area contributed by atoms with Gasteiger partial charge < -0.3 is 29.7 Å². The summed E-state index contributed by atoms with van der Waals surface area (Å²) in [6, 6.07) is 6.76. The standard InChI is InChI=1S/C28H38ClN6O3P/c1-37-24-17-21(39(36)15-11-35(12-16-39)20-9-13-38-14-10-20)7-8-23(24)32-28-33-26-25(22(29)18-30-26)27(34-28)31-19-5-3-2-4-6-19/h7-8,17-20H,2-6,9-16H2,1H3,(H3,30,31,32,33,34). The van der Waals surface area contributed by atoms with Crippen LogP contribution in [0.25, 0.3) is 11.0 Å². The average Bonchev–Trinajstić information content (AvgIpc) is 3.35. The van der Waals surface area contributed by atoms with Gasteiger partial charge in [0.05, 0.1) is 23.2 Å². The van der Waals surface area contributed by atoms with Gasteiger partial charge in [-0.05, 0) is 43.9 Å². The molecule has 4 heterocycles. The summed E-state index contributed by atoms with van der Waals surface area (Å²) in [5, 5.41) is 9.24. The molecule has 39 heavy (non-hydrogen) atoms. The van der Waals surface area contributed by atoms with Gasteiger partial charge in [-0.3, -0.25) is 4.90 Å². The summed E-state index contributed by atoms with van der Waals surface area (Å²) < 4.78 is 25.3. The summed E-state index contributed by atoms with van der Waals surface area (Å²) in [4.78, 5) is 15.2. The molecular formula is C28H38ClN6O3P. The predicted molar refractivity (Wildman–Crippen MR) is 158 cm³/mol. The average molecular weight is 573 g/mol. The van der Waals surface area contributed by atoms with Crippen LogP contribution in [0.5, 0.6) is 5.75 Å². The molecule has 0 radical (unpaired) electrons. The van der Waals surface area contributed by atoms with Crippen LogP contribution in [0.1, 0.15) is 44.9 Å². The van der Waals surface area contributed by atoms with Crippen molar-refractivity contribution in [2.24, 2.45) is 0 Å². The van der Waals surface area contributed by atoms with E-state index in [1.165, 1.54) is 19.3 Å². The maximum Gasteiger partial charge on any atom is 0.231 e. The van der Waals surface area contributed by atoms with Gasteiger partial charge in [-0.25, -0.2) is 0 Å². The van der Waals surface area contributed by atoms with Crippen LogP contribution >= 0.6 is 18.7 Å². The lowest BCUT2D eigenvalue weighted by Crippen LogP contribution is -2.45. The molecule has 0 unspecified atom stereocenters. The number of aromatic amines is 1. The number of anilines is 3. The van der Waals surface area contributed by atoms with Crippen LogP contribution in [0.15, 0.2) is 24.4 Å². The molecule has 1 saturated carbocycles. The molecule has 6 rings (SSSR count). The molecule has 3 N–H and O–H groups in total. The number of ether oxygens (including phenoxy) is 2. The summed E-state index contributed by atoms with van der Waals surface area (Å²) in [6.07, 6.45) is 11.3. The molecule has 2 saturated heterocycles. The summed E-state index contributed by atoms with van der Waals surface area (Å²) in [6.45, 7) is 3.40. The SMILES string of the molecule is COc1cc(P2(=O)CCN(C3CCOCC3)CC2)ccc1Nc1nc(NC2CCCCC2)c2c(Cl)c[nH]c2n1. The Balaban J connectivity index is 1.21. The fourth-order valence-electron chi connectivity index (χ4n) is 6.23. The van der Waals surface area contributed by atoms with Crippen molar-refractivity contribution in [3.63, 3.8) is 0 Å². The maximum atomic E-state index is 14.0. The van der Waals surface area contributed by atoms with Gasteiger partial charge in [0.15, 0.2) is 0 Å². The molecule has 2 aliphatic heterocycles. The van der Waals surface area contributed by atoms with Crippen LogP contribution < -0.4 is 20.7 Å². The second kappa shape index (κ2) is 11.7. The number of hydrogen-bond acceptors (Lipinski definition) is 8. The first-order chi connectivity index (χ1) is 19.0. The molecule has 3 fully saturated rings. The van der Waals surface area contributed by atoms with Crippen molar-refractivity contribution < 1.29 is 14.0 Å². The minimum Gasteiger partial charge on any atom is -0.495 e. The van der Waals surface area contributed by atoms with Crippen molar-refractivity contribution in [2.45, 2.75) is 57.0 Å². The Bertz CT molecular complexity index is 1340. The predicted octanol–water partition coefficient (Wildman–Crippen LogP) is 5.59. The lowest BCUT2D eigenvalue weighted by molar-refractivity contribution is 0.0371. The summed E-state index contributed by atoms with van der Waals surface area (Å²) in [5.41, 5.74) is 1.40. The fourth-order valence-corrected chi connectivity index (χ4v) is 9.06. The highest BCUT2D eigenvalue weighted by atomic mass is 35.5. The van der Waals surface area contributed by atoms with Crippen LogP contribution in [0.2, 0.25) is 5.02 Å². The van der Waals surface area contributed by atoms with Crippen LogP contribution in [0.4, 0.5) is 17.5 Å². The number of halogens is 1. The number of rotatable bonds is 7. The number of nitrogens with one attached hydrogen (secondary N) is 3. The zero-order chi connectivity index (χ0) is 26.8. The third kappa shape index (κ3) is 5.78. The van der Waals surface area contributed by atoms with Gasteiger partial charge in [0, 0.05) is 62.2 Å². The first-order valence-electron chi connectivity index (χ1n) is 14.2. The number of methoxy groups -OCH3 is 1. The number of hydrogen-bond donors (Lipinski definition) is 3.